The zero-order valence-electron chi connectivity index (χ0n) is 19.7. The van der Waals surface area contributed by atoms with Gasteiger partial charge >= 0.3 is 5.97 Å². The first-order chi connectivity index (χ1) is 17.3. The Morgan fingerprint density at radius 2 is 1.78 bits per heavy atom. The molecule has 1 aliphatic heterocycles. The van der Waals surface area contributed by atoms with Gasteiger partial charge in [-0.1, -0.05) is 29.8 Å². The lowest BCUT2D eigenvalue weighted by Gasteiger charge is -2.16. The van der Waals surface area contributed by atoms with Crippen molar-refractivity contribution in [1.29, 1.82) is 0 Å². The first-order valence-corrected chi connectivity index (χ1v) is 12.5. The van der Waals surface area contributed by atoms with Crippen LogP contribution in [0, 0.1) is 12.8 Å². The molecule has 1 fully saturated rings. The van der Waals surface area contributed by atoms with Crippen molar-refractivity contribution in [2.24, 2.45) is 5.92 Å². The number of carbonyl (C=O) groups is 4. The minimum absolute atomic E-state index is 0.0227. The van der Waals surface area contributed by atoms with Crippen LogP contribution in [0.2, 0.25) is 5.02 Å². The van der Waals surface area contributed by atoms with E-state index in [1.165, 1.54) is 4.90 Å². The number of para-hydroxylation sites is 1. The fraction of sp³-hybridized carbons (Fsp3) is 0.231. The van der Waals surface area contributed by atoms with Crippen LogP contribution in [-0.2, 0) is 14.3 Å². The highest BCUT2D eigenvalue weighted by Gasteiger charge is 2.36. The molecule has 0 bridgehead atoms. The molecule has 3 aromatic rings. The van der Waals surface area contributed by atoms with Gasteiger partial charge in [0.2, 0.25) is 11.8 Å². The van der Waals surface area contributed by atoms with Gasteiger partial charge in [-0.25, -0.2) is 4.79 Å². The molecule has 2 heterocycles. The zero-order valence-corrected chi connectivity index (χ0v) is 21.2. The number of thiophene rings is 1. The van der Waals surface area contributed by atoms with E-state index in [1.54, 1.807) is 62.4 Å². The van der Waals surface area contributed by atoms with Gasteiger partial charge in [0.25, 0.3) is 5.91 Å². The first kappa shape index (κ1) is 25.4. The second-order valence-electron chi connectivity index (χ2n) is 8.17. The molecule has 1 atom stereocenters. The quantitative estimate of drug-likeness (QED) is 0.416. The standard InChI is InChI=1S/C26H24ClN3O5S/c1-3-35-26(34)21-15(2)22(24(33)28-18-7-5-4-6-8-18)36-25(21)29-23(32)16-13-20(31)30(14-16)19-11-9-17(27)10-12-19/h4-12,16H,3,13-14H2,1-2H3,(H,28,33)(H,29,32). The maximum Gasteiger partial charge on any atom is 0.341 e. The topological polar surface area (TPSA) is 105 Å². The Balaban J connectivity index is 1.56. The summed E-state index contributed by atoms with van der Waals surface area (Å²) in [5.41, 5.74) is 1.80. The van der Waals surface area contributed by atoms with Crippen LogP contribution < -0.4 is 15.5 Å². The summed E-state index contributed by atoms with van der Waals surface area (Å²) in [6.45, 7) is 3.64. The third kappa shape index (κ3) is 5.42. The normalized spacial score (nSPS) is 15.0. The van der Waals surface area contributed by atoms with Crippen LogP contribution >= 0.6 is 22.9 Å². The largest absolute Gasteiger partial charge is 0.462 e. The highest BCUT2D eigenvalue weighted by molar-refractivity contribution is 7.19. The minimum Gasteiger partial charge on any atom is -0.462 e. The van der Waals surface area contributed by atoms with Gasteiger partial charge < -0.3 is 20.3 Å². The molecule has 0 aliphatic carbocycles. The average molecular weight is 526 g/mol. The number of nitrogens with zero attached hydrogens (tertiary/aromatic N) is 1. The van der Waals surface area contributed by atoms with Crippen molar-refractivity contribution in [3.05, 3.63) is 75.6 Å². The number of anilines is 3. The Bertz CT molecular complexity index is 1310. The summed E-state index contributed by atoms with van der Waals surface area (Å²) in [6.07, 6.45) is 0.0227. The molecule has 1 aliphatic rings. The van der Waals surface area contributed by atoms with Crippen molar-refractivity contribution in [3.63, 3.8) is 0 Å². The molecule has 186 valence electrons. The Labute approximate surface area is 217 Å². The first-order valence-electron chi connectivity index (χ1n) is 11.3. The van der Waals surface area contributed by atoms with Crippen LogP contribution in [0.4, 0.5) is 16.4 Å². The number of amides is 3. The molecule has 0 spiro atoms. The molecule has 3 amide bonds. The maximum absolute atomic E-state index is 13.1. The minimum atomic E-state index is -0.634. The predicted octanol–water partition coefficient (Wildman–Crippen LogP) is 5.13. The number of rotatable bonds is 7. The average Bonchev–Trinajstić information content (AvgIpc) is 3.40. The second kappa shape index (κ2) is 10.9. The highest BCUT2D eigenvalue weighted by atomic mass is 35.5. The van der Waals surface area contributed by atoms with Crippen molar-refractivity contribution in [3.8, 4) is 0 Å². The molecule has 1 unspecified atom stereocenters. The summed E-state index contributed by atoms with van der Waals surface area (Å²) in [7, 11) is 0. The summed E-state index contributed by atoms with van der Waals surface area (Å²) in [4.78, 5) is 53.3. The predicted molar refractivity (Wildman–Crippen MR) is 140 cm³/mol. The van der Waals surface area contributed by atoms with Crippen LogP contribution in [0.3, 0.4) is 0 Å². The lowest BCUT2D eigenvalue weighted by Crippen LogP contribution is -2.28. The van der Waals surface area contributed by atoms with Crippen LogP contribution in [0.25, 0.3) is 0 Å². The highest BCUT2D eigenvalue weighted by Crippen LogP contribution is 2.35. The maximum atomic E-state index is 13.1. The van der Waals surface area contributed by atoms with Crippen LogP contribution in [0.1, 0.15) is 38.9 Å². The number of benzene rings is 2. The van der Waals surface area contributed by atoms with E-state index in [1.807, 2.05) is 6.07 Å². The fourth-order valence-corrected chi connectivity index (χ4v) is 5.16. The molecule has 8 nitrogen and oxygen atoms in total. The van der Waals surface area contributed by atoms with Crippen LogP contribution in [0.5, 0.6) is 0 Å². The van der Waals surface area contributed by atoms with Gasteiger partial charge in [-0.2, -0.15) is 0 Å². The third-order valence-corrected chi connectivity index (χ3v) is 7.19. The number of carbonyl (C=O) groups excluding carboxylic acids is 4. The van der Waals surface area contributed by atoms with Gasteiger partial charge in [0.1, 0.15) is 5.00 Å². The van der Waals surface area contributed by atoms with Crippen LogP contribution in [-0.4, -0.2) is 36.8 Å². The molecule has 10 heteroatoms. The van der Waals surface area contributed by atoms with Gasteiger partial charge in [0.15, 0.2) is 0 Å². The summed E-state index contributed by atoms with van der Waals surface area (Å²) >= 11 is 6.93. The summed E-state index contributed by atoms with van der Waals surface area (Å²) in [5, 5.41) is 6.33. The Hall–Kier alpha value is -3.69. The molecule has 2 N–H and O–H groups in total. The van der Waals surface area contributed by atoms with Crippen molar-refractivity contribution in [2.45, 2.75) is 20.3 Å². The van der Waals surface area contributed by atoms with Gasteiger partial charge in [-0.15, -0.1) is 11.3 Å². The summed E-state index contributed by atoms with van der Waals surface area (Å²) in [6, 6.07) is 15.7. The van der Waals surface area contributed by atoms with E-state index < -0.39 is 23.7 Å². The summed E-state index contributed by atoms with van der Waals surface area (Å²) < 4.78 is 5.18. The van der Waals surface area contributed by atoms with Gasteiger partial charge in [-0.3, -0.25) is 14.4 Å². The van der Waals surface area contributed by atoms with E-state index in [0.29, 0.717) is 22.0 Å². The fourth-order valence-electron chi connectivity index (χ4n) is 3.94. The van der Waals surface area contributed by atoms with E-state index in [0.717, 1.165) is 11.3 Å². The van der Waals surface area contributed by atoms with E-state index in [4.69, 9.17) is 16.3 Å². The van der Waals surface area contributed by atoms with Gasteiger partial charge in [0.05, 0.1) is 23.0 Å². The SMILES string of the molecule is CCOC(=O)c1c(NC(=O)C2CC(=O)N(c3ccc(Cl)cc3)C2)sc(C(=O)Nc2ccccc2)c1C. The number of hydrogen-bond acceptors (Lipinski definition) is 6. The van der Waals surface area contributed by atoms with E-state index in [2.05, 4.69) is 10.6 Å². The molecule has 0 radical (unpaired) electrons. The zero-order chi connectivity index (χ0) is 25.8. The number of hydrogen-bond donors (Lipinski definition) is 2. The van der Waals surface area contributed by atoms with Gasteiger partial charge in [0, 0.05) is 29.4 Å². The summed E-state index contributed by atoms with van der Waals surface area (Å²) in [5.74, 6) is -2.27. The third-order valence-electron chi connectivity index (χ3n) is 5.74. The van der Waals surface area contributed by atoms with Crippen LogP contribution in [0.15, 0.2) is 54.6 Å². The lowest BCUT2D eigenvalue weighted by atomic mass is 10.1. The second-order valence-corrected chi connectivity index (χ2v) is 9.63. The smallest absolute Gasteiger partial charge is 0.341 e. The van der Waals surface area contributed by atoms with Gasteiger partial charge in [-0.05, 0) is 55.8 Å². The Morgan fingerprint density at radius 1 is 1.08 bits per heavy atom. The molecule has 36 heavy (non-hydrogen) atoms. The van der Waals surface area contributed by atoms with Crippen molar-refractivity contribution < 1.29 is 23.9 Å². The monoisotopic (exact) mass is 525 g/mol. The number of halogens is 1. The van der Waals surface area contributed by atoms with E-state index >= 15 is 0 Å². The van der Waals surface area contributed by atoms with E-state index in [9.17, 15) is 19.2 Å². The number of esters is 1. The van der Waals surface area contributed by atoms with Crippen molar-refractivity contribution in [1.82, 2.24) is 0 Å². The number of nitrogens with one attached hydrogen (secondary N) is 2. The molecule has 1 aromatic heterocycles. The molecule has 0 saturated carbocycles. The van der Waals surface area contributed by atoms with E-state index in [-0.39, 0.29) is 40.9 Å². The number of ether oxygens (including phenoxy) is 1. The molecule has 1 saturated heterocycles. The lowest BCUT2D eigenvalue weighted by molar-refractivity contribution is -0.122. The van der Waals surface area contributed by atoms with Crippen molar-refractivity contribution >= 4 is 63.0 Å². The molecular formula is C26H24ClN3O5S. The molecule has 2 aromatic carbocycles. The molecular weight excluding hydrogens is 502 g/mol. The Kier molecular flexibility index (Phi) is 7.71. The van der Waals surface area contributed by atoms with Crippen molar-refractivity contribution in [2.75, 3.05) is 28.7 Å². The molecule has 4 rings (SSSR count). The Morgan fingerprint density at radius 3 is 2.44 bits per heavy atom.